The molecule has 0 spiro atoms. The first-order valence-electron chi connectivity index (χ1n) is 6.53. The molecule has 0 aromatic heterocycles. The lowest BCUT2D eigenvalue weighted by molar-refractivity contribution is -0.139. The van der Waals surface area contributed by atoms with Gasteiger partial charge in [-0.2, -0.15) is 13.2 Å². The average Bonchev–Trinajstić information content (AvgIpc) is 2.32. The number of rotatable bonds is 7. The van der Waals surface area contributed by atoms with Gasteiger partial charge in [-0.15, -0.1) is 0 Å². The molecule has 3 nitrogen and oxygen atoms in total. The van der Waals surface area contributed by atoms with E-state index in [1.807, 2.05) is 4.90 Å². The van der Waals surface area contributed by atoms with Gasteiger partial charge in [-0.3, -0.25) is 4.90 Å². The Labute approximate surface area is 107 Å². The molecule has 0 aliphatic carbocycles. The van der Waals surface area contributed by atoms with Crippen molar-refractivity contribution in [1.29, 1.82) is 0 Å². The van der Waals surface area contributed by atoms with Gasteiger partial charge in [-0.05, 0) is 19.4 Å². The molecule has 0 aromatic rings. The van der Waals surface area contributed by atoms with Gasteiger partial charge in [0.15, 0.2) is 0 Å². The Morgan fingerprint density at radius 1 is 1.33 bits per heavy atom. The van der Waals surface area contributed by atoms with Gasteiger partial charge in [0.1, 0.15) is 0 Å². The number of methoxy groups -OCH3 is 1. The van der Waals surface area contributed by atoms with E-state index in [0.717, 1.165) is 38.9 Å². The number of hydrogen-bond acceptors (Lipinski definition) is 3. The van der Waals surface area contributed by atoms with E-state index in [9.17, 15) is 13.2 Å². The fraction of sp³-hybridized carbons (Fsp3) is 1.00. The summed E-state index contributed by atoms with van der Waals surface area (Å²) in [5, 5.41) is 3.24. The summed E-state index contributed by atoms with van der Waals surface area (Å²) < 4.78 is 41.6. The Morgan fingerprint density at radius 2 is 2.11 bits per heavy atom. The van der Waals surface area contributed by atoms with Crippen LogP contribution in [0.15, 0.2) is 0 Å². The molecule has 0 aromatic carbocycles. The first-order valence-corrected chi connectivity index (χ1v) is 6.53. The number of halogens is 3. The summed E-state index contributed by atoms with van der Waals surface area (Å²) in [7, 11) is 1.64. The fourth-order valence-electron chi connectivity index (χ4n) is 2.30. The van der Waals surface area contributed by atoms with Crippen LogP contribution in [-0.4, -0.2) is 57.0 Å². The van der Waals surface area contributed by atoms with Crippen molar-refractivity contribution in [2.24, 2.45) is 0 Å². The zero-order chi connectivity index (χ0) is 13.4. The van der Waals surface area contributed by atoms with Crippen molar-refractivity contribution in [1.82, 2.24) is 10.2 Å². The molecule has 1 rings (SSSR count). The van der Waals surface area contributed by atoms with E-state index in [1.165, 1.54) is 0 Å². The second-order valence-corrected chi connectivity index (χ2v) is 4.75. The molecule has 0 bridgehead atoms. The summed E-state index contributed by atoms with van der Waals surface area (Å²) in [5.74, 6) is 0. The van der Waals surface area contributed by atoms with Gasteiger partial charge in [0.25, 0.3) is 0 Å². The monoisotopic (exact) mass is 268 g/mol. The number of nitrogens with one attached hydrogen (secondary N) is 1. The van der Waals surface area contributed by atoms with Crippen LogP contribution in [0.2, 0.25) is 0 Å². The van der Waals surface area contributed by atoms with Crippen LogP contribution < -0.4 is 5.32 Å². The molecule has 18 heavy (non-hydrogen) atoms. The van der Waals surface area contributed by atoms with Gasteiger partial charge in [-0.1, -0.05) is 6.42 Å². The Morgan fingerprint density at radius 3 is 2.78 bits per heavy atom. The zero-order valence-corrected chi connectivity index (χ0v) is 10.9. The SMILES string of the molecule is COCCNCC1CCCCN1CCC(F)(F)F. The minimum Gasteiger partial charge on any atom is -0.383 e. The summed E-state index contributed by atoms with van der Waals surface area (Å²) in [6, 6.07) is 0.234. The fourth-order valence-corrected chi connectivity index (χ4v) is 2.30. The van der Waals surface area contributed by atoms with Crippen molar-refractivity contribution >= 4 is 0 Å². The Kier molecular flexibility index (Phi) is 6.96. The molecule has 0 amide bonds. The normalized spacial score (nSPS) is 22.3. The van der Waals surface area contributed by atoms with Gasteiger partial charge in [0, 0.05) is 32.8 Å². The van der Waals surface area contributed by atoms with E-state index < -0.39 is 12.6 Å². The van der Waals surface area contributed by atoms with Crippen LogP contribution >= 0.6 is 0 Å². The predicted molar refractivity (Wildman–Crippen MR) is 64.6 cm³/mol. The van der Waals surface area contributed by atoms with Crippen LogP contribution in [-0.2, 0) is 4.74 Å². The van der Waals surface area contributed by atoms with Crippen LogP contribution in [0.3, 0.4) is 0 Å². The zero-order valence-electron chi connectivity index (χ0n) is 10.9. The van der Waals surface area contributed by atoms with Crippen molar-refractivity contribution in [2.75, 3.05) is 39.9 Å². The smallest absolute Gasteiger partial charge is 0.383 e. The molecule has 1 aliphatic heterocycles. The van der Waals surface area contributed by atoms with Crippen molar-refractivity contribution in [3.05, 3.63) is 0 Å². The average molecular weight is 268 g/mol. The van der Waals surface area contributed by atoms with E-state index in [4.69, 9.17) is 4.74 Å². The highest BCUT2D eigenvalue weighted by molar-refractivity contribution is 4.79. The topological polar surface area (TPSA) is 24.5 Å². The van der Waals surface area contributed by atoms with Gasteiger partial charge in [-0.25, -0.2) is 0 Å². The molecule has 6 heteroatoms. The van der Waals surface area contributed by atoms with Crippen LogP contribution in [0.5, 0.6) is 0 Å². The maximum atomic E-state index is 12.2. The van der Waals surface area contributed by atoms with Crippen molar-refractivity contribution < 1.29 is 17.9 Å². The predicted octanol–water partition coefficient (Wildman–Crippen LogP) is 2.03. The third-order valence-corrected chi connectivity index (χ3v) is 3.29. The summed E-state index contributed by atoms with van der Waals surface area (Å²) in [4.78, 5) is 1.97. The third kappa shape index (κ3) is 6.56. The number of likely N-dealkylation sites (tertiary alicyclic amines) is 1. The summed E-state index contributed by atoms with van der Waals surface area (Å²) in [5.41, 5.74) is 0. The molecule has 1 fully saturated rings. The molecule has 108 valence electrons. The molecule has 0 radical (unpaired) electrons. The Hall–Kier alpha value is -0.330. The van der Waals surface area contributed by atoms with E-state index >= 15 is 0 Å². The lowest BCUT2D eigenvalue weighted by Gasteiger charge is -2.36. The maximum Gasteiger partial charge on any atom is 0.390 e. The van der Waals surface area contributed by atoms with Crippen LogP contribution in [0.4, 0.5) is 13.2 Å². The number of hydrogen-bond donors (Lipinski definition) is 1. The van der Waals surface area contributed by atoms with Crippen LogP contribution in [0, 0.1) is 0 Å². The van der Waals surface area contributed by atoms with E-state index in [1.54, 1.807) is 7.11 Å². The van der Waals surface area contributed by atoms with E-state index in [-0.39, 0.29) is 12.6 Å². The van der Waals surface area contributed by atoms with Crippen molar-refractivity contribution in [3.8, 4) is 0 Å². The quantitative estimate of drug-likeness (QED) is 0.715. The lowest BCUT2D eigenvalue weighted by Crippen LogP contribution is -2.47. The maximum absolute atomic E-state index is 12.2. The second kappa shape index (κ2) is 7.96. The highest BCUT2D eigenvalue weighted by Gasteiger charge is 2.30. The number of nitrogens with zero attached hydrogens (tertiary/aromatic N) is 1. The van der Waals surface area contributed by atoms with Gasteiger partial charge in [0.2, 0.25) is 0 Å². The first kappa shape index (κ1) is 15.7. The van der Waals surface area contributed by atoms with Crippen molar-refractivity contribution in [2.45, 2.75) is 37.9 Å². The van der Waals surface area contributed by atoms with Crippen molar-refractivity contribution in [3.63, 3.8) is 0 Å². The van der Waals surface area contributed by atoms with Gasteiger partial charge >= 0.3 is 6.18 Å². The molecule has 1 N–H and O–H groups in total. The molecule has 1 unspecified atom stereocenters. The largest absolute Gasteiger partial charge is 0.390 e. The van der Waals surface area contributed by atoms with E-state index in [0.29, 0.717) is 6.61 Å². The van der Waals surface area contributed by atoms with Crippen LogP contribution in [0.1, 0.15) is 25.7 Å². The molecular weight excluding hydrogens is 245 g/mol. The minimum absolute atomic E-state index is 0.125. The minimum atomic E-state index is -4.05. The van der Waals surface area contributed by atoms with Gasteiger partial charge < -0.3 is 10.1 Å². The Balaban J connectivity index is 2.28. The summed E-state index contributed by atoms with van der Waals surface area (Å²) in [6.07, 6.45) is -1.66. The molecule has 1 atom stereocenters. The number of ether oxygens (including phenoxy) is 1. The van der Waals surface area contributed by atoms with Crippen LogP contribution in [0.25, 0.3) is 0 Å². The highest BCUT2D eigenvalue weighted by atomic mass is 19.4. The standard InChI is InChI=1S/C12H23F3N2O/c1-18-9-6-16-10-11-4-2-3-7-17(11)8-5-12(13,14)15/h11,16H,2-10H2,1H3. The number of alkyl halides is 3. The summed E-state index contributed by atoms with van der Waals surface area (Å²) in [6.45, 7) is 3.05. The molecule has 1 aliphatic rings. The lowest BCUT2D eigenvalue weighted by atomic mass is 10.0. The van der Waals surface area contributed by atoms with Gasteiger partial charge in [0.05, 0.1) is 13.0 Å². The highest BCUT2D eigenvalue weighted by Crippen LogP contribution is 2.23. The summed E-state index contributed by atoms with van der Waals surface area (Å²) >= 11 is 0. The number of piperidine rings is 1. The molecule has 1 saturated heterocycles. The van der Waals surface area contributed by atoms with E-state index in [2.05, 4.69) is 5.32 Å². The second-order valence-electron chi connectivity index (χ2n) is 4.75. The molecule has 0 saturated carbocycles. The molecule has 1 heterocycles. The first-order chi connectivity index (χ1) is 8.53. The third-order valence-electron chi connectivity index (χ3n) is 3.29. The molecular formula is C12H23F3N2O. The Bertz CT molecular complexity index is 224.